The van der Waals surface area contributed by atoms with Gasteiger partial charge in [-0.15, -0.1) is 0 Å². The molecule has 2 aromatic rings. The van der Waals surface area contributed by atoms with Gasteiger partial charge in [0, 0.05) is 29.3 Å². The quantitative estimate of drug-likeness (QED) is 0.912. The summed E-state index contributed by atoms with van der Waals surface area (Å²) in [6.45, 7) is 2.64. The van der Waals surface area contributed by atoms with Gasteiger partial charge in [-0.05, 0) is 39.5 Å². The summed E-state index contributed by atoms with van der Waals surface area (Å²) in [5.74, 6) is 0. The molecule has 0 radical (unpaired) electrons. The topological polar surface area (TPSA) is 48.0 Å². The number of nitrogens with two attached hydrogens (primary N) is 1. The fourth-order valence-electron chi connectivity index (χ4n) is 2.18. The molecule has 0 saturated heterocycles. The fraction of sp³-hybridized carbons (Fsp3) is 0.312. The lowest BCUT2D eigenvalue weighted by Gasteiger charge is -2.14. The van der Waals surface area contributed by atoms with Crippen LogP contribution in [0.4, 0.5) is 0 Å². The number of hydrogen-bond donors (Lipinski definition) is 1. The molecule has 2 N–H and O–H groups in total. The second kappa shape index (κ2) is 6.86. The van der Waals surface area contributed by atoms with E-state index < -0.39 is 0 Å². The lowest BCUT2D eigenvalue weighted by atomic mass is 10.0. The molecule has 1 heterocycles. The predicted octanol–water partition coefficient (Wildman–Crippen LogP) is 3.26. The minimum Gasteiger partial charge on any atom is -0.322 e. The third-order valence-electron chi connectivity index (χ3n) is 3.29. The first kappa shape index (κ1) is 15.0. The standard InChI is InChI=1S/C16H19BrN2O/c1-2-3-12-4-6-13(7-5-12)15(18)11-19-10-14(17)8-9-16(19)20/h4-10,15H,2-3,11,18H2,1H3. The zero-order valence-electron chi connectivity index (χ0n) is 11.6. The molecular weight excluding hydrogens is 316 g/mol. The van der Waals surface area contributed by atoms with Crippen molar-refractivity contribution in [1.82, 2.24) is 4.57 Å². The first-order chi connectivity index (χ1) is 9.60. The van der Waals surface area contributed by atoms with Crippen LogP contribution in [0.1, 0.15) is 30.5 Å². The first-order valence-electron chi connectivity index (χ1n) is 6.80. The highest BCUT2D eigenvalue weighted by Gasteiger charge is 2.08. The highest BCUT2D eigenvalue weighted by molar-refractivity contribution is 9.10. The van der Waals surface area contributed by atoms with Crippen molar-refractivity contribution in [3.63, 3.8) is 0 Å². The lowest BCUT2D eigenvalue weighted by Crippen LogP contribution is -2.25. The molecule has 1 aromatic heterocycles. The van der Waals surface area contributed by atoms with Crippen molar-refractivity contribution in [2.75, 3.05) is 0 Å². The van der Waals surface area contributed by atoms with E-state index in [0.29, 0.717) is 6.54 Å². The third-order valence-corrected chi connectivity index (χ3v) is 3.76. The van der Waals surface area contributed by atoms with Crippen LogP contribution in [0.15, 0.2) is 51.9 Å². The lowest BCUT2D eigenvalue weighted by molar-refractivity contribution is 0.560. The average Bonchev–Trinajstić information content (AvgIpc) is 2.44. The highest BCUT2D eigenvalue weighted by Crippen LogP contribution is 2.15. The van der Waals surface area contributed by atoms with Gasteiger partial charge in [-0.25, -0.2) is 0 Å². The van der Waals surface area contributed by atoms with Crippen LogP contribution < -0.4 is 11.3 Å². The molecule has 0 aliphatic carbocycles. The van der Waals surface area contributed by atoms with Gasteiger partial charge in [-0.3, -0.25) is 4.79 Å². The Morgan fingerprint density at radius 3 is 2.55 bits per heavy atom. The number of halogens is 1. The highest BCUT2D eigenvalue weighted by atomic mass is 79.9. The van der Waals surface area contributed by atoms with Crippen molar-refractivity contribution in [3.05, 3.63) is 68.5 Å². The van der Waals surface area contributed by atoms with E-state index in [2.05, 4.69) is 47.1 Å². The van der Waals surface area contributed by atoms with E-state index in [4.69, 9.17) is 5.73 Å². The molecule has 0 fully saturated rings. The van der Waals surface area contributed by atoms with Crippen LogP contribution in [0.25, 0.3) is 0 Å². The Morgan fingerprint density at radius 2 is 1.90 bits per heavy atom. The van der Waals surface area contributed by atoms with E-state index in [0.717, 1.165) is 22.9 Å². The summed E-state index contributed by atoms with van der Waals surface area (Å²) < 4.78 is 2.51. The van der Waals surface area contributed by atoms with Gasteiger partial charge in [-0.1, -0.05) is 37.6 Å². The molecule has 20 heavy (non-hydrogen) atoms. The molecule has 0 spiro atoms. The summed E-state index contributed by atoms with van der Waals surface area (Å²) >= 11 is 3.37. The largest absolute Gasteiger partial charge is 0.322 e. The van der Waals surface area contributed by atoms with Gasteiger partial charge >= 0.3 is 0 Å². The summed E-state index contributed by atoms with van der Waals surface area (Å²) in [5, 5.41) is 0. The summed E-state index contributed by atoms with van der Waals surface area (Å²) in [7, 11) is 0. The van der Waals surface area contributed by atoms with Gasteiger partial charge in [0.15, 0.2) is 0 Å². The minimum atomic E-state index is -0.183. The zero-order chi connectivity index (χ0) is 14.5. The first-order valence-corrected chi connectivity index (χ1v) is 7.60. The summed E-state index contributed by atoms with van der Waals surface area (Å²) in [5.41, 5.74) is 8.53. The Hall–Kier alpha value is -1.39. The zero-order valence-corrected chi connectivity index (χ0v) is 13.1. The Balaban J connectivity index is 2.13. The van der Waals surface area contributed by atoms with Crippen LogP contribution >= 0.6 is 15.9 Å². The normalized spacial score (nSPS) is 12.3. The van der Waals surface area contributed by atoms with Gasteiger partial charge in [0.05, 0.1) is 0 Å². The van der Waals surface area contributed by atoms with Crippen LogP contribution in [0.5, 0.6) is 0 Å². The number of benzene rings is 1. The van der Waals surface area contributed by atoms with Crippen LogP contribution in [0, 0.1) is 0 Å². The van der Waals surface area contributed by atoms with E-state index in [1.54, 1.807) is 22.9 Å². The summed E-state index contributed by atoms with van der Waals surface area (Å²) in [6, 6.07) is 11.4. The number of nitrogens with zero attached hydrogens (tertiary/aromatic N) is 1. The van der Waals surface area contributed by atoms with Crippen LogP contribution in [-0.4, -0.2) is 4.57 Å². The van der Waals surface area contributed by atoms with E-state index >= 15 is 0 Å². The fourth-order valence-corrected chi connectivity index (χ4v) is 2.56. The van der Waals surface area contributed by atoms with Crippen LogP contribution in [-0.2, 0) is 13.0 Å². The number of rotatable bonds is 5. The molecule has 1 unspecified atom stereocenters. The van der Waals surface area contributed by atoms with E-state index in [-0.39, 0.29) is 11.6 Å². The Bertz CT molecular complexity index is 619. The maximum Gasteiger partial charge on any atom is 0.250 e. The van der Waals surface area contributed by atoms with Crippen molar-refractivity contribution in [3.8, 4) is 0 Å². The maximum atomic E-state index is 11.8. The average molecular weight is 335 g/mol. The maximum absolute atomic E-state index is 11.8. The van der Waals surface area contributed by atoms with Gasteiger partial charge in [0.2, 0.25) is 0 Å². The molecular formula is C16H19BrN2O. The smallest absolute Gasteiger partial charge is 0.250 e. The summed E-state index contributed by atoms with van der Waals surface area (Å²) in [6.07, 6.45) is 3.99. The monoisotopic (exact) mass is 334 g/mol. The number of hydrogen-bond acceptors (Lipinski definition) is 2. The molecule has 4 heteroatoms. The molecule has 1 aromatic carbocycles. The van der Waals surface area contributed by atoms with E-state index in [1.807, 2.05) is 0 Å². The molecule has 2 rings (SSSR count). The molecule has 0 aliphatic rings. The molecule has 3 nitrogen and oxygen atoms in total. The second-order valence-electron chi connectivity index (χ2n) is 4.94. The van der Waals surface area contributed by atoms with E-state index in [1.165, 1.54) is 5.56 Å². The summed E-state index contributed by atoms with van der Waals surface area (Å²) in [4.78, 5) is 11.8. The van der Waals surface area contributed by atoms with Crippen molar-refractivity contribution in [2.24, 2.45) is 5.73 Å². The van der Waals surface area contributed by atoms with E-state index in [9.17, 15) is 4.79 Å². The van der Waals surface area contributed by atoms with Crippen molar-refractivity contribution >= 4 is 15.9 Å². The molecule has 106 valence electrons. The van der Waals surface area contributed by atoms with Crippen molar-refractivity contribution in [2.45, 2.75) is 32.4 Å². The molecule has 0 amide bonds. The molecule has 1 atom stereocenters. The minimum absolute atomic E-state index is 0.0359. The number of aryl methyl sites for hydroxylation is 1. The Morgan fingerprint density at radius 1 is 1.20 bits per heavy atom. The van der Waals surface area contributed by atoms with Gasteiger partial charge in [-0.2, -0.15) is 0 Å². The number of aromatic nitrogens is 1. The van der Waals surface area contributed by atoms with Gasteiger partial charge < -0.3 is 10.3 Å². The Labute approximate surface area is 127 Å². The predicted molar refractivity (Wildman–Crippen MR) is 85.8 cm³/mol. The molecule has 0 saturated carbocycles. The third kappa shape index (κ3) is 3.81. The van der Waals surface area contributed by atoms with Crippen LogP contribution in [0.2, 0.25) is 0 Å². The SMILES string of the molecule is CCCc1ccc(C(N)Cn2cc(Br)ccc2=O)cc1. The van der Waals surface area contributed by atoms with Gasteiger partial charge in [0.1, 0.15) is 0 Å². The van der Waals surface area contributed by atoms with Gasteiger partial charge in [0.25, 0.3) is 5.56 Å². The molecule has 0 bridgehead atoms. The van der Waals surface area contributed by atoms with Crippen LogP contribution in [0.3, 0.4) is 0 Å². The Kier molecular flexibility index (Phi) is 5.15. The van der Waals surface area contributed by atoms with Crippen molar-refractivity contribution < 1.29 is 0 Å². The number of pyridine rings is 1. The second-order valence-corrected chi connectivity index (χ2v) is 5.85. The molecule has 0 aliphatic heterocycles. The van der Waals surface area contributed by atoms with Crippen molar-refractivity contribution in [1.29, 1.82) is 0 Å².